The zero-order valence-electron chi connectivity index (χ0n) is 65.1. The number of nitrogens with zero attached hydrogens (tertiary/aromatic N) is 4. The highest BCUT2D eigenvalue weighted by Crippen LogP contribution is 2.15. The number of aliphatic imine (C=N–C) groups is 4. The van der Waals surface area contributed by atoms with Crippen LogP contribution in [0.25, 0.3) is 0 Å². The van der Waals surface area contributed by atoms with Gasteiger partial charge in [0.05, 0.1) is 111 Å². The van der Waals surface area contributed by atoms with Crippen LogP contribution in [0.5, 0.6) is 0 Å². The van der Waals surface area contributed by atoms with Crippen LogP contribution in [-0.4, -0.2) is 275 Å². The van der Waals surface area contributed by atoms with E-state index in [1.165, 1.54) is 13.0 Å². The van der Waals surface area contributed by atoms with Crippen LogP contribution in [0.1, 0.15) is 138 Å². The summed E-state index contributed by atoms with van der Waals surface area (Å²) in [5, 5.41) is 44.8. The molecule has 0 fully saturated rings. The third-order valence-electron chi connectivity index (χ3n) is 14.3. The number of benzene rings is 1. The molecule has 0 aliphatic carbocycles. The lowest BCUT2D eigenvalue weighted by Gasteiger charge is -2.34. The van der Waals surface area contributed by atoms with Crippen LogP contribution < -0.4 is 110 Å². The molecule has 31 N–H and O–H groups in total. The highest BCUT2D eigenvalue weighted by Gasteiger charge is 2.36. The molecule has 0 aromatic heterocycles. The van der Waals surface area contributed by atoms with Crippen LogP contribution in [0, 0.1) is 17.7 Å². The molecule has 111 heavy (non-hydrogen) atoms. The number of aryl methyl sites for hydroxylation is 1. The highest BCUT2D eigenvalue weighted by atomic mass is 16.5. The molecule has 0 aliphatic heterocycles. The molecule has 43 nitrogen and oxygen atoms in total. The number of amides is 11. The van der Waals surface area contributed by atoms with E-state index in [1.54, 1.807) is 26.0 Å². The molecule has 0 radical (unpaired) electrons. The predicted octanol–water partition coefficient (Wildman–Crippen LogP) is -6.37. The summed E-state index contributed by atoms with van der Waals surface area (Å²) in [6.45, 7) is 11.3. The average molecular weight is 1580 g/mol. The Morgan fingerprint density at radius 3 is 0.919 bits per heavy atom. The van der Waals surface area contributed by atoms with Gasteiger partial charge in [0.1, 0.15) is 11.1 Å². The van der Waals surface area contributed by atoms with Crippen molar-refractivity contribution in [3.8, 4) is 0 Å². The van der Waals surface area contributed by atoms with Crippen molar-refractivity contribution in [1.29, 1.82) is 10.8 Å². The van der Waals surface area contributed by atoms with Gasteiger partial charge in [-0.25, -0.2) is 0 Å². The molecule has 43 heteroatoms. The number of ether oxygens (including phenoxy) is 6. The lowest BCUT2D eigenvalue weighted by molar-refractivity contribution is -0.130. The second-order valence-electron chi connectivity index (χ2n) is 26.3. The SMILES string of the molecule is CC(=N)CCCNC(=O)CCOCC(COCCC(=O)NCCN=C(N)N)(COCCC(=O)NCCN=C(N)N)NC(=O)CCNC(C)=O.Cc1cc(C(=O)NCCC(=O)NC(COCCC(=O)NCCCC(=N)N)(COCCC(=O)NCCN=C(N)N)COCCC(=O)NCCN=C(N)N)cc(C(=O)NC(C)(C)C)c1. The molecule has 0 saturated carbocycles. The fourth-order valence-electron chi connectivity index (χ4n) is 9.12. The van der Waals surface area contributed by atoms with Gasteiger partial charge in [0, 0.05) is 139 Å². The Kier molecular flexibility index (Phi) is 53.6. The van der Waals surface area contributed by atoms with E-state index in [0.29, 0.717) is 55.6 Å². The van der Waals surface area contributed by atoms with Gasteiger partial charge in [-0.1, -0.05) is 0 Å². The maximum atomic E-state index is 13.6. The van der Waals surface area contributed by atoms with E-state index >= 15 is 0 Å². The second-order valence-corrected chi connectivity index (χ2v) is 26.3. The molecular formula is C68H124N26O17. The summed E-state index contributed by atoms with van der Waals surface area (Å²) in [5.74, 6) is -4.34. The highest BCUT2D eigenvalue weighted by molar-refractivity contribution is 6.00. The van der Waals surface area contributed by atoms with E-state index in [-0.39, 0.29) is 279 Å². The fourth-order valence-corrected chi connectivity index (χ4v) is 9.12. The van der Waals surface area contributed by atoms with Crippen molar-refractivity contribution in [3.63, 3.8) is 0 Å². The van der Waals surface area contributed by atoms with Gasteiger partial charge in [0.2, 0.25) is 53.2 Å². The van der Waals surface area contributed by atoms with Gasteiger partial charge in [-0.3, -0.25) is 78.1 Å². The van der Waals surface area contributed by atoms with Gasteiger partial charge >= 0.3 is 0 Å². The van der Waals surface area contributed by atoms with Crippen molar-refractivity contribution in [2.45, 2.75) is 135 Å². The van der Waals surface area contributed by atoms with Gasteiger partial charge in [-0.05, 0) is 77.6 Å². The first-order valence-corrected chi connectivity index (χ1v) is 36.2. The summed E-state index contributed by atoms with van der Waals surface area (Å²) in [6.07, 6.45) is 1.69. The number of hydrogen-bond acceptors (Lipinski definition) is 23. The molecule has 0 saturated heterocycles. The maximum Gasteiger partial charge on any atom is 0.251 e. The first-order chi connectivity index (χ1) is 52.4. The van der Waals surface area contributed by atoms with Crippen molar-refractivity contribution in [2.24, 2.45) is 71.6 Å². The van der Waals surface area contributed by atoms with Gasteiger partial charge in [-0.2, -0.15) is 0 Å². The number of carbonyl (C=O) groups excluding carboxylic acids is 11. The lowest BCUT2D eigenvalue weighted by Crippen LogP contribution is -2.59. The standard InChI is InChI=1S/C39H68N14O9.C29H56N12O8/c1-26-20-27(22-28(21-26)35(59)53-38(2,3)4)34(58)49-12-7-33(57)52-39(23-60-17-8-30(54)46-11-5-6-29(40)41,24-61-18-9-31(55)47-13-15-50-36(42)43)25-62-19-10-32(56)48-14-16-51-37(44)45;1-21(30)4-3-9-36-23(43)6-15-47-18-29(41-26(46)5-10-35-22(2)42,19-48-16-7-24(44)37-11-13-39-27(31)32)20-49-17-8-25(45)38-12-14-40-28(33)34/h20-22H,5-19,23-25H2,1-4H3,(H3,40,41)(H,46,54)(H,47,55)(H,48,56)(H,49,58)(H,52,57)(H,53,59)(H4,42,43,50)(H4,44,45,51);30H,3-20H2,1-2H3,(H,35,42)(H,36,43)(H,37,44)(H,38,45)(H,41,46)(H4,31,32,39)(H4,33,34,40). The van der Waals surface area contributed by atoms with E-state index in [4.69, 9.17) is 90.8 Å². The molecule has 1 rings (SSSR count). The molecule has 0 bridgehead atoms. The van der Waals surface area contributed by atoms with E-state index in [1.807, 2.05) is 20.8 Å². The van der Waals surface area contributed by atoms with Crippen molar-refractivity contribution in [1.82, 2.24) is 58.5 Å². The zero-order valence-corrected chi connectivity index (χ0v) is 65.1. The van der Waals surface area contributed by atoms with Crippen LogP contribution >= 0.6 is 0 Å². The normalized spacial score (nSPS) is 10.9. The first kappa shape index (κ1) is 100. The van der Waals surface area contributed by atoms with Gasteiger partial charge in [0.25, 0.3) is 11.8 Å². The van der Waals surface area contributed by atoms with E-state index < -0.39 is 34.3 Å². The Balaban J connectivity index is 0.00000224. The van der Waals surface area contributed by atoms with E-state index in [2.05, 4.69) is 78.5 Å². The quantitative estimate of drug-likeness (QED) is 0.0164. The summed E-state index contributed by atoms with van der Waals surface area (Å²) in [7, 11) is 0. The number of amidine groups is 1. The molecule has 0 spiro atoms. The minimum atomic E-state index is -1.40. The summed E-state index contributed by atoms with van der Waals surface area (Å²) < 4.78 is 35.1. The smallest absolute Gasteiger partial charge is 0.251 e. The summed E-state index contributed by atoms with van der Waals surface area (Å²) >= 11 is 0. The number of guanidine groups is 4. The summed E-state index contributed by atoms with van der Waals surface area (Å²) in [4.78, 5) is 153. The van der Waals surface area contributed by atoms with Crippen molar-refractivity contribution < 1.29 is 81.2 Å². The van der Waals surface area contributed by atoms with Gasteiger partial charge in [0.15, 0.2) is 23.8 Å². The van der Waals surface area contributed by atoms with Crippen molar-refractivity contribution >= 4 is 100 Å². The van der Waals surface area contributed by atoms with Crippen molar-refractivity contribution in [3.05, 3.63) is 34.9 Å². The molecule has 628 valence electrons. The monoisotopic (exact) mass is 1580 g/mol. The number of rotatable bonds is 60. The van der Waals surface area contributed by atoms with E-state index in [0.717, 1.165) is 0 Å². The minimum Gasteiger partial charge on any atom is -0.388 e. The molecule has 11 amide bonds. The molecule has 0 atom stereocenters. The average Bonchev–Trinajstić information content (AvgIpc) is 0.867. The largest absolute Gasteiger partial charge is 0.388 e. The van der Waals surface area contributed by atoms with E-state index in [9.17, 15) is 52.7 Å². The molecule has 1 aromatic carbocycles. The Hall–Kier alpha value is -10.6. The van der Waals surface area contributed by atoms with Crippen LogP contribution in [0.2, 0.25) is 0 Å². The van der Waals surface area contributed by atoms with Crippen LogP contribution in [-0.2, 0) is 71.6 Å². The Labute approximate surface area is 648 Å². The minimum absolute atomic E-state index is 0.00616. The topological polar surface area (TPSA) is 707 Å². The second kappa shape index (κ2) is 59.3. The summed E-state index contributed by atoms with van der Waals surface area (Å²) in [6, 6.07) is 4.77. The Morgan fingerprint density at radius 1 is 0.351 bits per heavy atom. The van der Waals surface area contributed by atoms with Crippen LogP contribution in [0.3, 0.4) is 0 Å². The number of hydrogen-bond donors (Lipinski definition) is 22. The molecular weight excluding hydrogens is 1450 g/mol. The van der Waals surface area contributed by atoms with Crippen molar-refractivity contribution in [2.75, 3.05) is 158 Å². The van der Waals surface area contributed by atoms with Crippen LogP contribution in [0.15, 0.2) is 38.2 Å². The maximum absolute atomic E-state index is 13.6. The Morgan fingerprint density at radius 2 is 0.640 bits per heavy atom. The molecule has 0 heterocycles. The molecule has 0 aliphatic rings. The predicted molar refractivity (Wildman–Crippen MR) is 418 cm³/mol. The first-order valence-electron chi connectivity index (χ1n) is 36.2. The number of nitrogens with two attached hydrogens (primary N) is 9. The molecule has 1 aromatic rings. The van der Waals surface area contributed by atoms with Crippen LogP contribution in [0.4, 0.5) is 0 Å². The summed E-state index contributed by atoms with van der Waals surface area (Å²) in [5.41, 5.74) is 46.3. The molecule has 0 unspecified atom stereocenters. The van der Waals surface area contributed by atoms with Gasteiger partial charge in [-0.15, -0.1) is 0 Å². The zero-order chi connectivity index (χ0) is 83.5. The lowest BCUT2D eigenvalue weighted by atomic mass is 10.0. The number of carbonyl (C=O) groups is 11. The third kappa shape index (κ3) is 59.0. The number of nitrogens with one attached hydrogen (secondary N) is 13. The fraction of sp³-hybridized carbons (Fsp3) is 0.662. The Bertz CT molecular complexity index is 3100. The van der Waals surface area contributed by atoms with Gasteiger partial charge < -0.3 is 144 Å². The third-order valence-corrected chi connectivity index (χ3v) is 14.3.